The number of esters is 2. The first-order valence-corrected chi connectivity index (χ1v) is 15.7. The van der Waals surface area contributed by atoms with Crippen LogP contribution in [-0.4, -0.2) is 81.3 Å². The summed E-state index contributed by atoms with van der Waals surface area (Å²) in [6.45, 7) is 6.70. The number of nitrogen functional groups attached to an aromatic ring is 1. The van der Waals surface area contributed by atoms with Crippen molar-refractivity contribution in [2.24, 2.45) is 0 Å². The molecule has 1 amide bonds. The summed E-state index contributed by atoms with van der Waals surface area (Å²) in [6, 6.07) is 2.80. The van der Waals surface area contributed by atoms with Gasteiger partial charge in [0.05, 0.1) is 32.2 Å². The monoisotopic (exact) mass is 673 g/mol. The number of carbonyl (C=O) groups excluding carboxylic acids is 3. The summed E-state index contributed by atoms with van der Waals surface area (Å²) in [5, 5.41) is 4.27. The Morgan fingerprint density at radius 1 is 1.04 bits per heavy atom. The number of nitrogens with two attached hydrogens (primary N) is 1. The van der Waals surface area contributed by atoms with Gasteiger partial charge in [0.15, 0.2) is 11.5 Å². The number of halogens is 3. The smallest absolute Gasteiger partial charge is 0.467 e. The van der Waals surface area contributed by atoms with Crippen LogP contribution in [0.15, 0.2) is 36.9 Å². The van der Waals surface area contributed by atoms with Gasteiger partial charge < -0.3 is 34.4 Å². The molecule has 2 heterocycles. The number of benzene rings is 1. The number of alkyl halides is 3. The van der Waals surface area contributed by atoms with Gasteiger partial charge in [0, 0.05) is 6.42 Å². The molecule has 0 fully saturated rings. The van der Waals surface area contributed by atoms with Gasteiger partial charge in [-0.2, -0.15) is 13.2 Å². The summed E-state index contributed by atoms with van der Waals surface area (Å²) >= 11 is 0. The Morgan fingerprint density at radius 2 is 1.72 bits per heavy atom. The fourth-order valence-corrected chi connectivity index (χ4v) is 5.82. The number of carbonyl (C=O) groups is 3. The van der Waals surface area contributed by atoms with Crippen molar-refractivity contribution in [1.29, 1.82) is 0 Å². The quantitative estimate of drug-likeness (QED) is 0.157. The number of imidazole rings is 1. The number of aromatic nitrogens is 4. The van der Waals surface area contributed by atoms with Gasteiger partial charge in [-0.1, -0.05) is 12.1 Å². The standard InChI is InChI=1S/C27H35F3N7O8P/c1-15(2)44-24(38)17(4)36-46(41,14-43-16(3)11-37-13-34-21-22(31)32-12-33-23(21)37)45-19-8-6-18(7-9-19)10-20(25(39)42-5)35-26(40)27(28,29)30/h6-9,12-13,15-17,20H,10-11,14H2,1-5H3,(H,35,40)(H,36,41)(H2,31,32,33)/t16-,17+,20+,46+/m1/s1. The molecule has 0 unspecified atom stereocenters. The predicted molar refractivity (Wildman–Crippen MR) is 157 cm³/mol. The van der Waals surface area contributed by atoms with Crippen molar-refractivity contribution in [1.82, 2.24) is 29.9 Å². The number of nitrogens with zero attached hydrogens (tertiary/aromatic N) is 4. The third-order valence-corrected chi connectivity index (χ3v) is 7.95. The molecule has 0 spiro atoms. The van der Waals surface area contributed by atoms with Crippen LogP contribution in [0.4, 0.5) is 19.0 Å². The molecule has 0 aliphatic rings. The third-order valence-electron chi connectivity index (χ3n) is 6.17. The number of nitrogens with one attached hydrogen (secondary N) is 2. The first-order chi connectivity index (χ1) is 21.5. The fourth-order valence-electron chi connectivity index (χ4n) is 4.03. The maximum absolute atomic E-state index is 14.0. The first kappa shape index (κ1) is 36.2. The minimum Gasteiger partial charge on any atom is -0.467 e. The van der Waals surface area contributed by atoms with E-state index in [-0.39, 0.29) is 24.5 Å². The van der Waals surface area contributed by atoms with E-state index in [1.165, 1.54) is 43.8 Å². The van der Waals surface area contributed by atoms with Gasteiger partial charge in [-0.25, -0.2) is 24.8 Å². The van der Waals surface area contributed by atoms with Crippen LogP contribution in [0, 0.1) is 0 Å². The molecule has 19 heteroatoms. The van der Waals surface area contributed by atoms with Crippen molar-refractivity contribution in [2.75, 3.05) is 19.2 Å². The molecule has 46 heavy (non-hydrogen) atoms. The van der Waals surface area contributed by atoms with Crippen LogP contribution in [0.2, 0.25) is 0 Å². The maximum Gasteiger partial charge on any atom is 0.471 e. The first-order valence-electron chi connectivity index (χ1n) is 13.9. The molecule has 0 saturated carbocycles. The molecule has 4 atom stereocenters. The van der Waals surface area contributed by atoms with E-state index in [0.717, 1.165) is 7.11 Å². The van der Waals surface area contributed by atoms with Crippen LogP contribution in [0.1, 0.15) is 33.3 Å². The van der Waals surface area contributed by atoms with Crippen LogP contribution in [-0.2, 0) is 46.1 Å². The fraction of sp³-hybridized carbons (Fsp3) is 0.481. The maximum atomic E-state index is 14.0. The number of ether oxygens (including phenoxy) is 3. The Kier molecular flexibility index (Phi) is 12.1. The molecular formula is C27H35F3N7O8P. The van der Waals surface area contributed by atoms with E-state index in [1.54, 1.807) is 30.7 Å². The van der Waals surface area contributed by atoms with Crippen LogP contribution in [0.3, 0.4) is 0 Å². The second-order valence-electron chi connectivity index (χ2n) is 10.4. The van der Waals surface area contributed by atoms with E-state index in [4.69, 9.17) is 19.7 Å². The lowest BCUT2D eigenvalue weighted by Crippen LogP contribution is -2.48. The Labute approximate surface area is 261 Å². The second kappa shape index (κ2) is 15.3. The average Bonchev–Trinajstić information content (AvgIpc) is 3.39. The van der Waals surface area contributed by atoms with Crippen LogP contribution in [0.25, 0.3) is 11.2 Å². The van der Waals surface area contributed by atoms with Crippen molar-refractivity contribution in [3.8, 4) is 5.75 Å². The number of methoxy groups -OCH3 is 1. The molecule has 2 aromatic heterocycles. The lowest BCUT2D eigenvalue weighted by atomic mass is 10.1. The van der Waals surface area contributed by atoms with Gasteiger partial charge in [-0.3, -0.25) is 14.2 Å². The molecule has 0 bridgehead atoms. The minimum absolute atomic E-state index is 0.0435. The molecule has 3 aromatic rings. The molecule has 252 valence electrons. The highest BCUT2D eigenvalue weighted by Crippen LogP contribution is 2.44. The number of hydrogen-bond donors (Lipinski definition) is 3. The summed E-state index contributed by atoms with van der Waals surface area (Å²) < 4.78 is 75.3. The van der Waals surface area contributed by atoms with E-state index in [0.29, 0.717) is 16.7 Å². The van der Waals surface area contributed by atoms with E-state index in [1.807, 2.05) is 0 Å². The highest BCUT2D eigenvalue weighted by atomic mass is 31.2. The van der Waals surface area contributed by atoms with Gasteiger partial charge >= 0.3 is 31.5 Å². The summed E-state index contributed by atoms with van der Waals surface area (Å²) in [6.07, 6.45) is -4.23. The highest BCUT2D eigenvalue weighted by Gasteiger charge is 2.41. The summed E-state index contributed by atoms with van der Waals surface area (Å²) in [5.41, 5.74) is 7.04. The van der Waals surface area contributed by atoms with Gasteiger partial charge in [0.25, 0.3) is 0 Å². The van der Waals surface area contributed by atoms with Crippen molar-refractivity contribution in [2.45, 2.75) is 71.1 Å². The van der Waals surface area contributed by atoms with Crippen molar-refractivity contribution >= 4 is 42.3 Å². The zero-order valence-electron chi connectivity index (χ0n) is 25.6. The van der Waals surface area contributed by atoms with Gasteiger partial charge in [0.1, 0.15) is 36.0 Å². The lowest BCUT2D eigenvalue weighted by Gasteiger charge is -2.25. The number of fused-ring (bicyclic) bond motifs is 1. The second-order valence-corrected chi connectivity index (χ2v) is 12.5. The van der Waals surface area contributed by atoms with Crippen LogP contribution >= 0.6 is 7.52 Å². The Bertz CT molecular complexity index is 1570. The molecule has 3 rings (SSSR count). The van der Waals surface area contributed by atoms with Crippen molar-refractivity contribution < 1.29 is 50.9 Å². The summed E-state index contributed by atoms with van der Waals surface area (Å²) in [4.78, 5) is 48.2. The zero-order valence-corrected chi connectivity index (χ0v) is 26.5. The number of anilines is 1. The zero-order chi connectivity index (χ0) is 34.2. The van der Waals surface area contributed by atoms with E-state index in [2.05, 4.69) is 24.8 Å². The topological polar surface area (TPSA) is 199 Å². The van der Waals surface area contributed by atoms with Crippen molar-refractivity contribution in [3.05, 3.63) is 42.5 Å². The number of amides is 1. The Hall–Kier alpha value is -4.28. The summed E-state index contributed by atoms with van der Waals surface area (Å²) in [7, 11) is -3.02. The minimum atomic E-state index is -5.20. The average molecular weight is 674 g/mol. The molecule has 0 aliphatic carbocycles. The van der Waals surface area contributed by atoms with Crippen molar-refractivity contribution in [3.63, 3.8) is 0 Å². The third kappa shape index (κ3) is 10.1. The van der Waals surface area contributed by atoms with E-state index in [9.17, 15) is 32.1 Å². The van der Waals surface area contributed by atoms with E-state index >= 15 is 0 Å². The molecule has 4 N–H and O–H groups in total. The van der Waals surface area contributed by atoms with Gasteiger partial charge in [0.2, 0.25) is 0 Å². The number of rotatable bonds is 15. The number of hydrogen-bond acceptors (Lipinski definition) is 12. The largest absolute Gasteiger partial charge is 0.471 e. The van der Waals surface area contributed by atoms with Gasteiger partial charge in [-0.15, -0.1) is 0 Å². The van der Waals surface area contributed by atoms with E-state index < -0.39 is 62.2 Å². The van der Waals surface area contributed by atoms with Crippen LogP contribution < -0.4 is 20.7 Å². The normalized spacial score (nSPS) is 15.1. The molecule has 15 nitrogen and oxygen atoms in total. The predicted octanol–water partition coefficient (Wildman–Crippen LogP) is 2.74. The summed E-state index contributed by atoms with van der Waals surface area (Å²) in [5.74, 6) is -3.81. The molecule has 0 aliphatic heterocycles. The van der Waals surface area contributed by atoms with Gasteiger partial charge in [-0.05, 0) is 45.4 Å². The lowest BCUT2D eigenvalue weighted by molar-refractivity contribution is -0.175. The molecule has 0 saturated heterocycles. The molecular weight excluding hydrogens is 638 g/mol. The molecule has 0 radical (unpaired) electrons. The Morgan fingerprint density at radius 3 is 2.33 bits per heavy atom. The molecule has 1 aromatic carbocycles. The SMILES string of the molecule is COC(=O)[C@H](Cc1ccc(O[P@@](=O)(CO[C@H](C)Cn2cnc3c(N)ncnc32)N[C@@H](C)C(=O)OC(C)C)cc1)NC(=O)C(F)(F)F. The Balaban J connectivity index is 1.75. The highest BCUT2D eigenvalue weighted by molar-refractivity contribution is 7.57. The van der Waals surface area contributed by atoms with Crippen LogP contribution in [0.5, 0.6) is 5.75 Å².